The Morgan fingerprint density at radius 3 is 2.44 bits per heavy atom. The molecule has 4 rings (SSSR count). The predicted octanol–water partition coefficient (Wildman–Crippen LogP) is 7.57. The number of nitrogens with one attached hydrogen (secondary N) is 2. The predicted molar refractivity (Wildman–Crippen MR) is 158 cm³/mol. The molecule has 0 aliphatic carbocycles. The zero-order valence-electron chi connectivity index (χ0n) is 22.7. The molecule has 2 N–H and O–H groups in total. The van der Waals surface area contributed by atoms with Gasteiger partial charge < -0.3 is 10.1 Å². The number of nitrogens with zero attached hydrogens (tertiary/aromatic N) is 2. The summed E-state index contributed by atoms with van der Waals surface area (Å²) in [7, 11) is 0. The van der Waals surface area contributed by atoms with Crippen LogP contribution in [-0.4, -0.2) is 26.6 Å². The van der Waals surface area contributed by atoms with E-state index < -0.39 is 6.10 Å². The first-order valence-electron chi connectivity index (χ1n) is 13.9. The molecular formula is C31H37ClN4O3. The Hall–Kier alpha value is -3.58. The summed E-state index contributed by atoms with van der Waals surface area (Å²) >= 11 is 6.41. The monoisotopic (exact) mass is 548 g/mol. The lowest BCUT2D eigenvalue weighted by Gasteiger charge is -2.19. The highest BCUT2D eigenvalue weighted by atomic mass is 35.5. The van der Waals surface area contributed by atoms with Gasteiger partial charge in [-0.1, -0.05) is 99.9 Å². The van der Waals surface area contributed by atoms with Crippen molar-refractivity contribution in [2.24, 2.45) is 0 Å². The van der Waals surface area contributed by atoms with Gasteiger partial charge in [0.1, 0.15) is 11.6 Å². The highest BCUT2D eigenvalue weighted by Crippen LogP contribution is 2.27. The van der Waals surface area contributed by atoms with Crippen LogP contribution in [0.4, 0.5) is 5.82 Å². The summed E-state index contributed by atoms with van der Waals surface area (Å²) in [5.74, 6) is 0.288. The van der Waals surface area contributed by atoms with Gasteiger partial charge in [0.05, 0.1) is 10.7 Å². The van der Waals surface area contributed by atoms with Crippen LogP contribution in [-0.2, 0) is 4.79 Å². The van der Waals surface area contributed by atoms with Crippen LogP contribution >= 0.6 is 11.6 Å². The molecule has 0 fully saturated rings. The van der Waals surface area contributed by atoms with Gasteiger partial charge in [-0.2, -0.15) is 0 Å². The number of benzene rings is 2. The molecule has 0 saturated heterocycles. The minimum Gasteiger partial charge on any atom is -0.479 e. The van der Waals surface area contributed by atoms with Gasteiger partial charge in [-0.15, -0.1) is 0 Å². The minimum absolute atomic E-state index is 0.183. The third kappa shape index (κ3) is 7.96. The van der Waals surface area contributed by atoms with Crippen LogP contribution in [0.3, 0.4) is 0 Å². The van der Waals surface area contributed by atoms with Crippen molar-refractivity contribution in [2.45, 2.75) is 77.7 Å². The van der Waals surface area contributed by atoms with Crippen molar-refractivity contribution >= 4 is 29.0 Å². The van der Waals surface area contributed by atoms with E-state index in [0.29, 0.717) is 22.8 Å². The maximum absolute atomic E-state index is 13.4. The molecule has 0 aliphatic rings. The fourth-order valence-electron chi connectivity index (χ4n) is 4.59. The van der Waals surface area contributed by atoms with Crippen LogP contribution < -0.4 is 15.6 Å². The van der Waals surface area contributed by atoms with Gasteiger partial charge in [-0.25, -0.2) is 9.50 Å². The summed E-state index contributed by atoms with van der Waals surface area (Å²) in [6.07, 6.45) is 9.04. The van der Waals surface area contributed by atoms with Crippen LogP contribution in [0.15, 0.2) is 65.5 Å². The first kappa shape index (κ1) is 28.4. The second kappa shape index (κ2) is 14.0. The van der Waals surface area contributed by atoms with Crippen molar-refractivity contribution in [3.63, 3.8) is 0 Å². The molecule has 1 amide bonds. The molecule has 2 aromatic heterocycles. The number of carbonyl (C=O) groups excluding carboxylic acids is 1. The Kier molecular flexibility index (Phi) is 10.2. The van der Waals surface area contributed by atoms with E-state index in [1.165, 1.54) is 42.7 Å². The van der Waals surface area contributed by atoms with E-state index in [2.05, 4.69) is 22.3 Å². The number of anilines is 1. The lowest BCUT2D eigenvalue weighted by atomic mass is 10.1. The Labute approximate surface area is 234 Å². The van der Waals surface area contributed by atoms with E-state index in [1.54, 1.807) is 12.1 Å². The summed E-state index contributed by atoms with van der Waals surface area (Å²) in [5.41, 5.74) is 2.80. The number of amides is 1. The molecule has 0 aliphatic heterocycles. The SMILES string of the molecule is CCCCCCCCCCC(Oc1ccc(C)cc1Cl)C(=O)Nc1cc(=O)n2[nH]c(-c3ccccc3)cc2n1. The molecule has 4 aromatic rings. The number of ether oxygens (including phenoxy) is 1. The fourth-order valence-corrected chi connectivity index (χ4v) is 4.87. The van der Waals surface area contributed by atoms with Gasteiger partial charge >= 0.3 is 0 Å². The number of hydrogen-bond donors (Lipinski definition) is 2. The van der Waals surface area contributed by atoms with E-state index in [1.807, 2.05) is 49.4 Å². The van der Waals surface area contributed by atoms with Gasteiger partial charge in [-0.05, 0) is 43.0 Å². The highest BCUT2D eigenvalue weighted by molar-refractivity contribution is 6.32. The number of H-pyrrole nitrogens is 1. The Morgan fingerprint density at radius 1 is 1.00 bits per heavy atom. The van der Waals surface area contributed by atoms with E-state index in [9.17, 15) is 9.59 Å². The number of aromatic nitrogens is 3. The van der Waals surface area contributed by atoms with Crippen molar-refractivity contribution in [3.8, 4) is 17.0 Å². The largest absolute Gasteiger partial charge is 0.479 e. The summed E-state index contributed by atoms with van der Waals surface area (Å²) in [6.45, 7) is 4.17. The molecule has 8 heteroatoms. The lowest BCUT2D eigenvalue weighted by Crippen LogP contribution is -2.34. The zero-order valence-corrected chi connectivity index (χ0v) is 23.5. The van der Waals surface area contributed by atoms with Crippen molar-refractivity contribution in [2.75, 3.05) is 5.32 Å². The maximum atomic E-state index is 13.4. The topological polar surface area (TPSA) is 88.5 Å². The number of hydrogen-bond acceptors (Lipinski definition) is 4. The lowest BCUT2D eigenvalue weighted by molar-refractivity contribution is -0.123. The number of rotatable bonds is 14. The quantitative estimate of drug-likeness (QED) is 0.159. The summed E-state index contributed by atoms with van der Waals surface area (Å²) in [5, 5.41) is 6.34. The molecule has 0 saturated carbocycles. The molecule has 2 aromatic carbocycles. The average Bonchev–Trinajstić information content (AvgIpc) is 3.36. The van der Waals surface area contributed by atoms with Crippen LogP contribution in [0.5, 0.6) is 5.75 Å². The summed E-state index contributed by atoms with van der Waals surface area (Å²) < 4.78 is 7.47. The second-order valence-electron chi connectivity index (χ2n) is 10.0. The van der Waals surface area contributed by atoms with E-state index in [4.69, 9.17) is 16.3 Å². The van der Waals surface area contributed by atoms with Crippen molar-refractivity contribution < 1.29 is 9.53 Å². The average molecular weight is 549 g/mol. The first-order chi connectivity index (χ1) is 18.9. The Morgan fingerprint density at radius 2 is 1.72 bits per heavy atom. The van der Waals surface area contributed by atoms with Gasteiger partial charge in [0.2, 0.25) is 0 Å². The normalized spacial score (nSPS) is 12.0. The number of aromatic amines is 1. The molecule has 2 heterocycles. The third-order valence-electron chi connectivity index (χ3n) is 6.76. The molecule has 0 radical (unpaired) electrons. The molecule has 0 bridgehead atoms. The Bertz CT molecular complexity index is 1430. The number of carbonyl (C=O) groups is 1. The fraction of sp³-hybridized carbons (Fsp3) is 0.387. The number of fused-ring (bicyclic) bond motifs is 1. The van der Waals surface area contributed by atoms with Gasteiger partial charge in [0, 0.05) is 12.1 Å². The van der Waals surface area contributed by atoms with E-state index in [-0.39, 0.29) is 17.3 Å². The molecule has 1 atom stereocenters. The Balaban J connectivity index is 1.46. The summed E-state index contributed by atoms with van der Waals surface area (Å²) in [6, 6.07) is 18.3. The molecule has 1 unspecified atom stereocenters. The maximum Gasteiger partial charge on any atom is 0.274 e. The van der Waals surface area contributed by atoms with Gasteiger partial charge in [0.15, 0.2) is 11.8 Å². The van der Waals surface area contributed by atoms with E-state index in [0.717, 1.165) is 36.1 Å². The number of aryl methyl sites for hydroxylation is 1. The zero-order chi connectivity index (χ0) is 27.6. The van der Waals surface area contributed by atoms with Crippen LogP contribution in [0.2, 0.25) is 5.02 Å². The molecular weight excluding hydrogens is 512 g/mol. The first-order valence-corrected chi connectivity index (χ1v) is 14.2. The van der Waals surface area contributed by atoms with Crippen molar-refractivity contribution in [1.29, 1.82) is 0 Å². The smallest absolute Gasteiger partial charge is 0.274 e. The van der Waals surface area contributed by atoms with Gasteiger partial charge in [0.25, 0.3) is 11.5 Å². The van der Waals surface area contributed by atoms with Gasteiger partial charge in [-0.3, -0.25) is 14.7 Å². The van der Waals surface area contributed by atoms with Crippen LogP contribution in [0, 0.1) is 6.92 Å². The highest BCUT2D eigenvalue weighted by Gasteiger charge is 2.22. The second-order valence-corrected chi connectivity index (χ2v) is 10.4. The van der Waals surface area contributed by atoms with Crippen molar-refractivity contribution in [1.82, 2.24) is 14.6 Å². The number of halogens is 1. The molecule has 206 valence electrons. The molecule has 7 nitrogen and oxygen atoms in total. The van der Waals surface area contributed by atoms with Crippen LogP contribution in [0.1, 0.15) is 70.3 Å². The van der Waals surface area contributed by atoms with Crippen LogP contribution in [0.25, 0.3) is 16.9 Å². The number of unbranched alkanes of at least 4 members (excludes halogenated alkanes) is 7. The van der Waals surface area contributed by atoms with E-state index >= 15 is 0 Å². The minimum atomic E-state index is -0.767. The molecule has 0 spiro atoms. The summed E-state index contributed by atoms with van der Waals surface area (Å²) in [4.78, 5) is 30.7. The third-order valence-corrected chi connectivity index (χ3v) is 7.05. The van der Waals surface area contributed by atoms with Crippen molar-refractivity contribution in [3.05, 3.63) is 81.6 Å². The standard InChI is InChI=1S/C31H37ClN4O3/c1-3-4-5-6-7-8-9-13-16-27(39-26-18-17-22(2)19-24(26)32)31(38)34-28-21-30(37)36-29(33-28)20-25(35-36)23-14-11-10-12-15-23/h10-12,14-15,17-21,27,35H,3-9,13,16H2,1-2H3,(H,34,38). The molecule has 39 heavy (non-hydrogen) atoms.